The Morgan fingerprint density at radius 1 is 0.775 bits per heavy atom. The van der Waals surface area contributed by atoms with Crippen LogP contribution in [0, 0.1) is 0 Å². The third-order valence-corrected chi connectivity index (χ3v) is 6.65. The maximum atomic E-state index is 13.6. The summed E-state index contributed by atoms with van der Waals surface area (Å²) >= 11 is 6.69. The topological polar surface area (TPSA) is 77.5 Å². The van der Waals surface area contributed by atoms with Gasteiger partial charge in [-0.05, 0) is 35.2 Å². The van der Waals surface area contributed by atoms with Crippen LogP contribution in [0.1, 0.15) is 39.7 Å². The second-order valence-electron chi connectivity index (χ2n) is 9.29. The molecule has 0 aliphatic rings. The highest BCUT2D eigenvalue weighted by Crippen LogP contribution is 2.35. The van der Waals surface area contributed by atoms with Gasteiger partial charge >= 0.3 is 5.97 Å². The van der Waals surface area contributed by atoms with Gasteiger partial charge < -0.3 is 14.8 Å². The highest BCUT2D eigenvalue weighted by atomic mass is 35.5. The number of hydrogen-bond acceptors (Lipinski definition) is 5. The van der Waals surface area contributed by atoms with Gasteiger partial charge in [-0.15, -0.1) is 0 Å². The van der Waals surface area contributed by atoms with E-state index in [9.17, 15) is 9.59 Å². The molecule has 40 heavy (non-hydrogen) atoms. The molecule has 1 amide bonds. The summed E-state index contributed by atoms with van der Waals surface area (Å²) in [6, 6.07) is 32.9. The van der Waals surface area contributed by atoms with Gasteiger partial charge in [-0.25, -0.2) is 4.98 Å². The standard InChI is InChI=1S/C33H27ClN2O4/c1-22(37)39-21-26-14-8-9-15-29(26)35-33(38)30-31(40-20-24-12-6-3-7-13-24)27-17-16-25(19-28(27)32(34)36-30)18-23-10-4-2-5-11-23/h2-17,19H,18,20-21H2,1H3,(H,35,38). The minimum Gasteiger partial charge on any atom is -0.486 e. The molecule has 200 valence electrons. The molecule has 1 aromatic heterocycles. The summed E-state index contributed by atoms with van der Waals surface area (Å²) in [5.41, 5.74) is 4.40. The molecule has 0 fully saturated rings. The zero-order valence-electron chi connectivity index (χ0n) is 21.9. The average Bonchev–Trinajstić information content (AvgIpc) is 2.97. The summed E-state index contributed by atoms with van der Waals surface area (Å²) in [4.78, 5) is 29.5. The zero-order chi connectivity index (χ0) is 27.9. The number of ether oxygens (including phenoxy) is 2. The van der Waals surface area contributed by atoms with Crippen molar-refractivity contribution >= 4 is 39.9 Å². The largest absolute Gasteiger partial charge is 0.486 e. The number of amides is 1. The molecule has 6 nitrogen and oxygen atoms in total. The van der Waals surface area contributed by atoms with E-state index in [1.54, 1.807) is 24.3 Å². The predicted molar refractivity (Wildman–Crippen MR) is 157 cm³/mol. The number of carbonyl (C=O) groups is 2. The van der Waals surface area contributed by atoms with E-state index < -0.39 is 11.9 Å². The first-order valence-electron chi connectivity index (χ1n) is 12.8. The van der Waals surface area contributed by atoms with E-state index in [1.807, 2.05) is 66.7 Å². The molecular formula is C33H27ClN2O4. The lowest BCUT2D eigenvalue weighted by Crippen LogP contribution is -2.17. The van der Waals surface area contributed by atoms with Crippen molar-refractivity contribution in [1.29, 1.82) is 0 Å². The molecule has 5 aromatic rings. The summed E-state index contributed by atoms with van der Waals surface area (Å²) in [5.74, 6) is -0.563. The van der Waals surface area contributed by atoms with Gasteiger partial charge in [0.1, 0.15) is 18.4 Å². The maximum absolute atomic E-state index is 13.6. The molecule has 1 heterocycles. The van der Waals surface area contributed by atoms with Crippen LogP contribution in [0.5, 0.6) is 5.75 Å². The first kappa shape index (κ1) is 26.9. The second kappa shape index (κ2) is 12.5. The number of nitrogens with one attached hydrogen (secondary N) is 1. The number of esters is 1. The fourth-order valence-electron chi connectivity index (χ4n) is 4.40. The Morgan fingerprint density at radius 2 is 1.45 bits per heavy atom. The molecule has 0 radical (unpaired) electrons. The maximum Gasteiger partial charge on any atom is 0.302 e. The van der Waals surface area contributed by atoms with Gasteiger partial charge in [0, 0.05) is 28.9 Å². The minimum atomic E-state index is -0.490. The lowest BCUT2D eigenvalue weighted by molar-refractivity contribution is -0.142. The van der Waals surface area contributed by atoms with E-state index in [2.05, 4.69) is 22.4 Å². The highest BCUT2D eigenvalue weighted by Gasteiger charge is 2.22. The van der Waals surface area contributed by atoms with Gasteiger partial charge in [-0.2, -0.15) is 0 Å². The van der Waals surface area contributed by atoms with Crippen LogP contribution < -0.4 is 10.1 Å². The molecule has 7 heteroatoms. The number of rotatable bonds is 9. The Labute approximate surface area is 237 Å². The number of benzene rings is 4. The third kappa shape index (κ3) is 6.47. The van der Waals surface area contributed by atoms with Crippen LogP contribution >= 0.6 is 11.6 Å². The average molecular weight is 551 g/mol. The number of carbonyl (C=O) groups excluding carboxylic acids is 2. The number of pyridine rings is 1. The van der Waals surface area contributed by atoms with Gasteiger partial charge in [0.25, 0.3) is 5.91 Å². The Bertz CT molecular complexity index is 1660. The summed E-state index contributed by atoms with van der Waals surface area (Å²) < 4.78 is 11.4. The van der Waals surface area contributed by atoms with Crippen molar-refractivity contribution in [2.75, 3.05) is 5.32 Å². The summed E-state index contributed by atoms with van der Waals surface area (Å²) in [6.07, 6.45) is 0.731. The fraction of sp³-hybridized carbons (Fsp3) is 0.121. The number of anilines is 1. The summed E-state index contributed by atoms with van der Waals surface area (Å²) in [5, 5.41) is 4.48. The van der Waals surface area contributed by atoms with Crippen molar-refractivity contribution in [3.63, 3.8) is 0 Å². The molecule has 5 rings (SSSR count). The van der Waals surface area contributed by atoms with Gasteiger partial charge in [0.05, 0.1) is 0 Å². The van der Waals surface area contributed by atoms with Gasteiger partial charge in [-0.1, -0.05) is 103 Å². The van der Waals surface area contributed by atoms with E-state index in [4.69, 9.17) is 21.1 Å². The zero-order valence-corrected chi connectivity index (χ0v) is 22.7. The number of para-hydroxylation sites is 1. The van der Waals surface area contributed by atoms with Crippen molar-refractivity contribution in [3.8, 4) is 5.75 Å². The molecular weight excluding hydrogens is 524 g/mol. The van der Waals surface area contributed by atoms with Crippen LogP contribution in [0.4, 0.5) is 5.69 Å². The van der Waals surface area contributed by atoms with Crippen LogP contribution in [-0.2, 0) is 29.2 Å². The Kier molecular flexibility index (Phi) is 8.38. The number of hydrogen-bond donors (Lipinski definition) is 1. The van der Waals surface area contributed by atoms with E-state index in [0.717, 1.165) is 17.5 Å². The Morgan fingerprint density at radius 3 is 2.17 bits per heavy atom. The Balaban J connectivity index is 1.52. The fourth-order valence-corrected chi connectivity index (χ4v) is 4.64. The van der Waals surface area contributed by atoms with E-state index in [0.29, 0.717) is 27.8 Å². The van der Waals surface area contributed by atoms with E-state index in [1.165, 1.54) is 12.5 Å². The second-order valence-corrected chi connectivity index (χ2v) is 9.65. The van der Waals surface area contributed by atoms with E-state index >= 15 is 0 Å². The molecule has 0 saturated carbocycles. The minimum absolute atomic E-state index is 0.0270. The molecule has 0 aliphatic carbocycles. The third-order valence-electron chi connectivity index (χ3n) is 6.36. The molecule has 1 N–H and O–H groups in total. The molecule has 0 bridgehead atoms. The molecule has 0 unspecified atom stereocenters. The van der Waals surface area contributed by atoms with E-state index in [-0.39, 0.29) is 24.1 Å². The van der Waals surface area contributed by atoms with Crippen molar-refractivity contribution in [2.24, 2.45) is 0 Å². The van der Waals surface area contributed by atoms with Gasteiger partial charge in [0.15, 0.2) is 11.4 Å². The van der Waals surface area contributed by atoms with Crippen LogP contribution in [-0.4, -0.2) is 16.9 Å². The Hall–Kier alpha value is -4.68. The molecule has 0 saturated heterocycles. The van der Waals surface area contributed by atoms with Crippen LogP contribution in [0.25, 0.3) is 10.8 Å². The van der Waals surface area contributed by atoms with Gasteiger partial charge in [-0.3, -0.25) is 9.59 Å². The quantitative estimate of drug-likeness (QED) is 0.153. The molecule has 4 aromatic carbocycles. The number of halogens is 1. The SMILES string of the molecule is CC(=O)OCc1ccccc1NC(=O)c1nc(Cl)c2cc(Cc3ccccc3)ccc2c1OCc1ccccc1. The summed E-state index contributed by atoms with van der Waals surface area (Å²) in [6.45, 7) is 1.61. The number of nitrogens with zero attached hydrogens (tertiary/aromatic N) is 1. The highest BCUT2D eigenvalue weighted by molar-refractivity contribution is 6.35. The van der Waals surface area contributed by atoms with Crippen molar-refractivity contribution in [3.05, 3.63) is 136 Å². The first-order chi connectivity index (χ1) is 19.5. The lowest BCUT2D eigenvalue weighted by Gasteiger charge is -2.17. The summed E-state index contributed by atoms with van der Waals surface area (Å²) in [7, 11) is 0. The van der Waals surface area contributed by atoms with Crippen molar-refractivity contribution in [2.45, 2.75) is 26.6 Å². The van der Waals surface area contributed by atoms with Gasteiger partial charge in [0.2, 0.25) is 0 Å². The number of fused-ring (bicyclic) bond motifs is 1. The van der Waals surface area contributed by atoms with Crippen LogP contribution in [0.15, 0.2) is 103 Å². The molecule has 0 atom stereocenters. The molecule has 0 spiro atoms. The molecule has 0 aliphatic heterocycles. The normalized spacial score (nSPS) is 10.8. The van der Waals surface area contributed by atoms with Crippen LogP contribution in [0.2, 0.25) is 5.15 Å². The van der Waals surface area contributed by atoms with Crippen molar-refractivity contribution < 1.29 is 19.1 Å². The predicted octanol–water partition coefficient (Wildman–Crippen LogP) is 7.37. The van der Waals surface area contributed by atoms with Crippen molar-refractivity contribution in [1.82, 2.24) is 4.98 Å². The lowest BCUT2D eigenvalue weighted by atomic mass is 10.0. The monoisotopic (exact) mass is 550 g/mol. The first-order valence-corrected chi connectivity index (χ1v) is 13.2. The smallest absolute Gasteiger partial charge is 0.302 e. The number of aromatic nitrogens is 1. The van der Waals surface area contributed by atoms with Crippen LogP contribution in [0.3, 0.4) is 0 Å².